The molecule has 0 saturated carbocycles. The number of unbranched alkanes of at least 4 members (excludes halogenated alkanes) is 1. The third-order valence-electron chi connectivity index (χ3n) is 3.56. The normalized spacial score (nSPS) is 12.9. The van der Waals surface area contributed by atoms with Crippen LogP contribution >= 0.6 is 21.6 Å². The fourth-order valence-corrected chi connectivity index (χ4v) is 4.36. The highest BCUT2D eigenvalue weighted by molar-refractivity contribution is 8.76. The zero-order valence-corrected chi connectivity index (χ0v) is 21.0. The van der Waals surface area contributed by atoms with Crippen LogP contribution in [0.2, 0.25) is 0 Å². The Hall–Kier alpha value is -0.930. The summed E-state index contributed by atoms with van der Waals surface area (Å²) >= 11 is 0. The Morgan fingerprint density at radius 3 is 2.03 bits per heavy atom. The molecule has 0 aliphatic heterocycles. The first-order valence-corrected chi connectivity index (χ1v) is 13.0. The number of carbonyl (C=O) groups is 3. The number of esters is 1. The van der Waals surface area contributed by atoms with Gasteiger partial charge in [-0.3, -0.25) is 9.59 Å². The molecule has 0 fully saturated rings. The van der Waals surface area contributed by atoms with Crippen LogP contribution in [0.5, 0.6) is 0 Å². The van der Waals surface area contributed by atoms with E-state index in [1.54, 1.807) is 42.4 Å². The van der Waals surface area contributed by atoms with E-state index in [1.807, 2.05) is 20.8 Å². The van der Waals surface area contributed by atoms with Crippen molar-refractivity contribution in [3.8, 4) is 0 Å². The quantitative estimate of drug-likeness (QED) is 0.220. The van der Waals surface area contributed by atoms with Gasteiger partial charge in [-0.25, -0.2) is 4.79 Å². The molecule has 0 aromatic heterocycles. The number of alkyl carbamates (subject to hydrolysis) is 1. The maximum absolute atomic E-state index is 12.7. The molecule has 1 atom stereocenters. The van der Waals surface area contributed by atoms with E-state index in [4.69, 9.17) is 15.2 Å². The molecule has 0 rings (SSSR count). The van der Waals surface area contributed by atoms with E-state index < -0.39 is 23.3 Å². The second kappa shape index (κ2) is 15.0. The summed E-state index contributed by atoms with van der Waals surface area (Å²) in [5, 5.41) is 2.71. The highest BCUT2D eigenvalue weighted by atomic mass is 33.1. The zero-order valence-electron chi connectivity index (χ0n) is 19.4. The Balaban J connectivity index is 4.54. The van der Waals surface area contributed by atoms with Crippen LogP contribution in [0.3, 0.4) is 0 Å². The van der Waals surface area contributed by atoms with Crippen molar-refractivity contribution in [2.75, 3.05) is 18.1 Å². The van der Waals surface area contributed by atoms with Crippen molar-refractivity contribution in [3.05, 3.63) is 0 Å². The number of hydrogen-bond donors (Lipinski definition) is 2. The van der Waals surface area contributed by atoms with E-state index >= 15 is 0 Å². The van der Waals surface area contributed by atoms with Crippen molar-refractivity contribution in [1.82, 2.24) is 5.32 Å². The summed E-state index contributed by atoms with van der Waals surface area (Å²) in [6, 6.07) is -0.611. The fourth-order valence-electron chi connectivity index (χ4n) is 2.42. The summed E-state index contributed by atoms with van der Waals surface area (Å²) in [5.74, 6) is 1.48. The maximum Gasteiger partial charge on any atom is 0.408 e. The average Bonchev–Trinajstić information content (AvgIpc) is 2.57. The SMILES string of the molecule is CC(C)(C)OC(=O)CCCCC(NC(=O)OC(C)(C)C)C(=O)CCCSSCCN. The molecule has 0 heterocycles. The molecule has 0 aliphatic carbocycles. The minimum Gasteiger partial charge on any atom is -0.460 e. The molecule has 0 saturated heterocycles. The number of nitrogens with one attached hydrogen (secondary N) is 1. The zero-order chi connectivity index (χ0) is 23.2. The molecule has 0 spiro atoms. The molecule has 30 heavy (non-hydrogen) atoms. The number of ether oxygens (including phenoxy) is 2. The number of Topliss-reactive ketones (excluding diaryl/α,β-unsaturated/α-hetero) is 1. The second-order valence-corrected chi connectivity index (χ2v) is 11.7. The first-order valence-electron chi connectivity index (χ1n) is 10.5. The summed E-state index contributed by atoms with van der Waals surface area (Å²) in [7, 11) is 3.40. The predicted molar refractivity (Wildman–Crippen MR) is 126 cm³/mol. The van der Waals surface area contributed by atoms with Crippen LogP contribution in [0, 0.1) is 0 Å². The predicted octanol–water partition coefficient (Wildman–Crippen LogP) is 4.47. The fraction of sp³-hybridized carbons (Fsp3) is 0.857. The molecule has 9 heteroatoms. The van der Waals surface area contributed by atoms with Gasteiger partial charge in [-0.1, -0.05) is 28.0 Å². The molecular weight excluding hydrogens is 424 g/mol. The van der Waals surface area contributed by atoms with Crippen molar-refractivity contribution in [2.45, 2.75) is 97.3 Å². The van der Waals surface area contributed by atoms with Crippen LogP contribution < -0.4 is 11.1 Å². The van der Waals surface area contributed by atoms with Gasteiger partial charge >= 0.3 is 12.1 Å². The largest absolute Gasteiger partial charge is 0.460 e. The molecule has 0 radical (unpaired) electrons. The maximum atomic E-state index is 12.7. The van der Waals surface area contributed by atoms with E-state index in [-0.39, 0.29) is 11.8 Å². The molecule has 0 bridgehead atoms. The van der Waals surface area contributed by atoms with E-state index in [0.717, 1.165) is 17.9 Å². The lowest BCUT2D eigenvalue weighted by Gasteiger charge is -2.23. The summed E-state index contributed by atoms with van der Waals surface area (Å²) in [5.41, 5.74) is 4.32. The lowest BCUT2D eigenvalue weighted by molar-refractivity contribution is -0.154. The Bertz CT molecular complexity index is 530. The molecule has 3 N–H and O–H groups in total. The topological polar surface area (TPSA) is 108 Å². The van der Waals surface area contributed by atoms with Gasteiger partial charge < -0.3 is 20.5 Å². The molecule has 0 aromatic rings. The number of carbonyl (C=O) groups excluding carboxylic acids is 3. The Kier molecular flexibility index (Phi) is 14.5. The molecule has 176 valence electrons. The van der Waals surface area contributed by atoms with Crippen LogP contribution in [-0.4, -0.2) is 53.1 Å². The number of rotatable bonds is 14. The van der Waals surface area contributed by atoms with Crippen LogP contribution in [-0.2, 0) is 19.1 Å². The monoisotopic (exact) mass is 464 g/mol. The molecule has 1 amide bonds. The van der Waals surface area contributed by atoms with Crippen LogP contribution in [0.1, 0.15) is 80.1 Å². The third kappa shape index (κ3) is 17.9. The third-order valence-corrected chi connectivity index (χ3v) is 6.08. The van der Waals surface area contributed by atoms with Gasteiger partial charge in [0.05, 0.1) is 6.04 Å². The lowest BCUT2D eigenvalue weighted by atomic mass is 10.0. The Labute approximate surface area is 189 Å². The van der Waals surface area contributed by atoms with Crippen molar-refractivity contribution in [2.24, 2.45) is 5.73 Å². The smallest absolute Gasteiger partial charge is 0.408 e. The van der Waals surface area contributed by atoms with E-state index in [9.17, 15) is 14.4 Å². The Morgan fingerprint density at radius 1 is 0.867 bits per heavy atom. The highest BCUT2D eigenvalue weighted by Crippen LogP contribution is 2.22. The van der Waals surface area contributed by atoms with E-state index in [1.165, 1.54) is 0 Å². The summed E-state index contributed by atoms with van der Waals surface area (Å²) in [6.07, 6.45) is 2.53. The van der Waals surface area contributed by atoms with Crippen LogP contribution in [0.25, 0.3) is 0 Å². The Morgan fingerprint density at radius 2 is 1.47 bits per heavy atom. The molecule has 1 unspecified atom stereocenters. The number of nitrogens with two attached hydrogens (primary N) is 1. The number of ketones is 1. The lowest BCUT2D eigenvalue weighted by Crippen LogP contribution is -2.43. The van der Waals surface area contributed by atoms with Gasteiger partial charge in [0.2, 0.25) is 0 Å². The van der Waals surface area contributed by atoms with Crippen LogP contribution in [0.4, 0.5) is 4.79 Å². The minimum absolute atomic E-state index is 0.0115. The van der Waals surface area contributed by atoms with Crippen molar-refractivity contribution in [1.29, 1.82) is 0 Å². The summed E-state index contributed by atoms with van der Waals surface area (Å²) in [4.78, 5) is 36.6. The van der Waals surface area contributed by atoms with E-state index in [2.05, 4.69) is 5.32 Å². The molecule has 7 nitrogen and oxygen atoms in total. The van der Waals surface area contributed by atoms with Crippen molar-refractivity contribution < 1.29 is 23.9 Å². The standard InChI is InChI=1S/C21H40N2O5S2/c1-20(2,3)27-18(25)12-8-7-10-16(23-19(26)28-21(4,5)6)17(24)11-9-14-29-30-15-13-22/h16H,7-15,22H2,1-6H3,(H,23,26). The second-order valence-electron chi connectivity index (χ2n) is 9.03. The van der Waals surface area contributed by atoms with Gasteiger partial charge in [0.1, 0.15) is 11.2 Å². The number of amides is 1. The van der Waals surface area contributed by atoms with Gasteiger partial charge in [0, 0.05) is 30.9 Å². The summed E-state index contributed by atoms with van der Waals surface area (Å²) in [6.45, 7) is 11.5. The van der Waals surface area contributed by atoms with E-state index in [0.29, 0.717) is 38.6 Å². The summed E-state index contributed by atoms with van der Waals surface area (Å²) < 4.78 is 10.6. The van der Waals surface area contributed by atoms with Gasteiger partial charge in [-0.05, 0) is 60.8 Å². The van der Waals surface area contributed by atoms with Gasteiger partial charge in [0.15, 0.2) is 5.78 Å². The number of hydrogen-bond acceptors (Lipinski definition) is 8. The molecule has 0 aromatic carbocycles. The van der Waals surface area contributed by atoms with Gasteiger partial charge in [-0.15, -0.1) is 0 Å². The van der Waals surface area contributed by atoms with Gasteiger partial charge in [-0.2, -0.15) is 0 Å². The average molecular weight is 465 g/mol. The molecular formula is C21H40N2O5S2. The minimum atomic E-state index is -0.634. The molecule has 0 aliphatic rings. The first kappa shape index (κ1) is 29.1. The first-order chi connectivity index (χ1) is 13.8. The van der Waals surface area contributed by atoms with Gasteiger partial charge in [0.25, 0.3) is 0 Å². The van der Waals surface area contributed by atoms with Crippen LogP contribution in [0.15, 0.2) is 0 Å². The van der Waals surface area contributed by atoms with Crippen molar-refractivity contribution >= 4 is 39.4 Å². The van der Waals surface area contributed by atoms with Crippen molar-refractivity contribution in [3.63, 3.8) is 0 Å². The highest BCUT2D eigenvalue weighted by Gasteiger charge is 2.24.